The Morgan fingerprint density at radius 1 is 1.56 bits per heavy atom. The Bertz CT molecular complexity index is 404. The van der Waals surface area contributed by atoms with Crippen molar-refractivity contribution in [2.24, 2.45) is 0 Å². The highest BCUT2D eigenvalue weighted by molar-refractivity contribution is 5.87. The normalized spacial score (nSPS) is 20.0. The number of amides is 2. The Morgan fingerprint density at radius 2 is 2.44 bits per heavy atom. The zero-order chi connectivity index (χ0) is 12.8. The van der Waals surface area contributed by atoms with Crippen molar-refractivity contribution < 1.29 is 9.59 Å². The quantitative estimate of drug-likeness (QED) is 0.751. The summed E-state index contributed by atoms with van der Waals surface area (Å²) in [6.45, 7) is 1.17. The topological polar surface area (TPSA) is 88.9 Å². The SMILES string of the molecule is O=C(CCn1cncn1)NC1CCCCNC1=O. The van der Waals surface area contributed by atoms with Crippen LogP contribution in [0.15, 0.2) is 12.7 Å². The minimum atomic E-state index is -0.393. The van der Waals surface area contributed by atoms with Crippen LogP contribution in [0.5, 0.6) is 0 Å². The van der Waals surface area contributed by atoms with E-state index in [0.717, 1.165) is 12.8 Å². The van der Waals surface area contributed by atoms with Crippen molar-refractivity contribution in [1.29, 1.82) is 0 Å². The second-order valence-corrected chi connectivity index (χ2v) is 4.32. The third kappa shape index (κ3) is 3.54. The van der Waals surface area contributed by atoms with Gasteiger partial charge in [-0.2, -0.15) is 5.10 Å². The number of aryl methyl sites for hydroxylation is 1. The van der Waals surface area contributed by atoms with Gasteiger partial charge in [0.1, 0.15) is 18.7 Å². The maximum atomic E-state index is 11.7. The van der Waals surface area contributed by atoms with Gasteiger partial charge in [-0.25, -0.2) is 4.98 Å². The number of hydrogen-bond acceptors (Lipinski definition) is 4. The van der Waals surface area contributed by atoms with E-state index < -0.39 is 6.04 Å². The van der Waals surface area contributed by atoms with Gasteiger partial charge in [-0.1, -0.05) is 0 Å². The van der Waals surface area contributed by atoms with Crippen LogP contribution in [0.2, 0.25) is 0 Å². The number of carbonyl (C=O) groups is 2. The predicted octanol–water partition coefficient (Wildman–Crippen LogP) is -0.547. The number of aromatic nitrogens is 3. The van der Waals surface area contributed by atoms with E-state index in [-0.39, 0.29) is 11.8 Å². The van der Waals surface area contributed by atoms with Gasteiger partial charge in [0.05, 0.1) is 6.54 Å². The molecule has 1 aliphatic rings. The fourth-order valence-corrected chi connectivity index (χ4v) is 1.91. The maximum Gasteiger partial charge on any atom is 0.242 e. The third-order valence-corrected chi connectivity index (χ3v) is 2.91. The Kier molecular flexibility index (Phi) is 4.27. The van der Waals surface area contributed by atoms with E-state index >= 15 is 0 Å². The highest BCUT2D eigenvalue weighted by Crippen LogP contribution is 2.05. The molecular formula is C11H17N5O2. The second-order valence-electron chi connectivity index (χ2n) is 4.32. The van der Waals surface area contributed by atoms with Crippen LogP contribution in [0.3, 0.4) is 0 Å². The van der Waals surface area contributed by atoms with E-state index in [1.807, 2.05) is 0 Å². The van der Waals surface area contributed by atoms with Gasteiger partial charge >= 0.3 is 0 Å². The van der Waals surface area contributed by atoms with Crippen molar-refractivity contribution >= 4 is 11.8 Å². The summed E-state index contributed by atoms with van der Waals surface area (Å²) in [5.41, 5.74) is 0. The number of nitrogens with one attached hydrogen (secondary N) is 2. The Balaban J connectivity index is 1.77. The molecule has 1 aromatic rings. The molecule has 0 spiro atoms. The van der Waals surface area contributed by atoms with Crippen molar-refractivity contribution in [2.75, 3.05) is 6.54 Å². The van der Waals surface area contributed by atoms with Crippen molar-refractivity contribution in [3.05, 3.63) is 12.7 Å². The molecule has 0 aliphatic carbocycles. The van der Waals surface area contributed by atoms with Gasteiger partial charge < -0.3 is 10.6 Å². The van der Waals surface area contributed by atoms with Gasteiger partial charge in [0.25, 0.3) is 0 Å². The Labute approximate surface area is 105 Å². The predicted molar refractivity (Wildman–Crippen MR) is 63.4 cm³/mol. The Morgan fingerprint density at radius 3 is 3.22 bits per heavy atom. The van der Waals surface area contributed by atoms with Crippen molar-refractivity contribution in [1.82, 2.24) is 25.4 Å². The summed E-state index contributed by atoms with van der Waals surface area (Å²) < 4.78 is 1.59. The van der Waals surface area contributed by atoms with Crippen molar-refractivity contribution in [3.63, 3.8) is 0 Å². The lowest BCUT2D eigenvalue weighted by Gasteiger charge is -2.14. The first-order chi connectivity index (χ1) is 8.75. The maximum absolute atomic E-state index is 11.7. The zero-order valence-corrected chi connectivity index (χ0v) is 10.1. The second kappa shape index (κ2) is 6.13. The molecule has 2 N–H and O–H groups in total. The van der Waals surface area contributed by atoms with Gasteiger partial charge in [-0.15, -0.1) is 0 Å². The molecule has 1 fully saturated rings. The average molecular weight is 251 g/mol. The van der Waals surface area contributed by atoms with E-state index in [9.17, 15) is 9.59 Å². The van der Waals surface area contributed by atoms with Gasteiger partial charge in [-0.3, -0.25) is 14.3 Å². The van der Waals surface area contributed by atoms with Crippen LogP contribution < -0.4 is 10.6 Å². The molecule has 2 amide bonds. The smallest absolute Gasteiger partial charge is 0.242 e. The fourth-order valence-electron chi connectivity index (χ4n) is 1.91. The van der Waals surface area contributed by atoms with E-state index in [0.29, 0.717) is 25.9 Å². The third-order valence-electron chi connectivity index (χ3n) is 2.91. The van der Waals surface area contributed by atoms with Crippen molar-refractivity contribution in [3.8, 4) is 0 Å². The largest absolute Gasteiger partial charge is 0.354 e. The molecule has 0 aromatic carbocycles. The summed E-state index contributed by atoms with van der Waals surface area (Å²) in [5, 5.41) is 9.46. The highest BCUT2D eigenvalue weighted by Gasteiger charge is 2.21. The minimum Gasteiger partial charge on any atom is -0.354 e. The van der Waals surface area contributed by atoms with Crippen LogP contribution in [-0.2, 0) is 16.1 Å². The molecule has 1 aromatic heterocycles. The van der Waals surface area contributed by atoms with E-state index in [1.54, 1.807) is 11.0 Å². The average Bonchev–Trinajstić information content (AvgIpc) is 2.80. The standard InChI is InChI=1S/C11H17N5O2/c17-10(4-6-16-8-12-7-14-16)15-9-3-1-2-5-13-11(9)18/h7-9H,1-6H2,(H,13,18)(H,15,17). The van der Waals surface area contributed by atoms with Crippen LogP contribution in [-0.4, -0.2) is 39.2 Å². The zero-order valence-electron chi connectivity index (χ0n) is 10.1. The summed E-state index contributed by atoms with van der Waals surface area (Å²) in [6.07, 6.45) is 5.92. The van der Waals surface area contributed by atoms with Gasteiger partial charge in [0.2, 0.25) is 11.8 Å². The molecule has 2 heterocycles. The molecule has 18 heavy (non-hydrogen) atoms. The van der Waals surface area contributed by atoms with E-state index in [4.69, 9.17) is 0 Å². The van der Waals surface area contributed by atoms with Crippen LogP contribution in [0.1, 0.15) is 25.7 Å². The summed E-state index contributed by atoms with van der Waals surface area (Å²) in [5.74, 6) is -0.214. The van der Waals surface area contributed by atoms with E-state index in [1.165, 1.54) is 6.33 Å². The molecule has 0 radical (unpaired) electrons. The molecule has 1 atom stereocenters. The lowest BCUT2D eigenvalue weighted by Crippen LogP contribution is -2.45. The number of nitrogens with zero attached hydrogens (tertiary/aromatic N) is 3. The Hall–Kier alpha value is -1.92. The first-order valence-electron chi connectivity index (χ1n) is 6.15. The monoisotopic (exact) mass is 251 g/mol. The molecular weight excluding hydrogens is 234 g/mol. The van der Waals surface area contributed by atoms with Gasteiger partial charge in [0.15, 0.2) is 0 Å². The first-order valence-corrected chi connectivity index (χ1v) is 6.15. The fraction of sp³-hybridized carbons (Fsp3) is 0.636. The summed E-state index contributed by atoms with van der Waals surface area (Å²) >= 11 is 0. The van der Waals surface area contributed by atoms with Gasteiger partial charge in [0, 0.05) is 13.0 Å². The summed E-state index contributed by atoms with van der Waals surface area (Å²) in [6, 6.07) is -0.393. The molecule has 1 aliphatic heterocycles. The van der Waals surface area contributed by atoms with Crippen LogP contribution >= 0.6 is 0 Å². The molecule has 98 valence electrons. The summed E-state index contributed by atoms with van der Waals surface area (Å²) in [4.78, 5) is 27.1. The minimum absolute atomic E-state index is 0.0818. The molecule has 7 heteroatoms. The molecule has 0 bridgehead atoms. The van der Waals surface area contributed by atoms with Crippen LogP contribution in [0.4, 0.5) is 0 Å². The number of rotatable bonds is 4. The van der Waals surface area contributed by atoms with Crippen molar-refractivity contribution in [2.45, 2.75) is 38.3 Å². The number of hydrogen-bond donors (Lipinski definition) is 2. The highest BCUT2D eigenvalue weighted by atomic mass is 16.2. The molecule has 7 nitrogen and oxygen atoms in total. The van der Waals surface area contributed by atoms with E-state index in [2.05, 4.69) is 20.7 Å². The lowest BCUT2D eigenvalue weighted by atomic mass is 10.1. The molecule has 1 saturated heterocycles. The molecule has 0 saturated carbocycles. The molecule has 2 rings (SSSR count). The summed E-state index contributed by atoms with van der Waals surface area (Å²) in [7, 11) is 0. The van der Waals surface area contributed by atoms with Gasteiger partial charge in [-0.05, 0) is 19.3 Å². The molecule has 1 unspecified atom stereocenters. The number of carbonyl (C=O) groups excluding carboxylic acids is 2. The van der Waals surface area contributed by atoms with Crippen LogP contribution in [0.25, 0.3) is 0 Å². The van der Waals surface area contributed by atoms with Crippen LogP contribution in [0, 0.1) is 0 Å². The lowest BCUT2D eigenvalue weighted by molar-refractivity contribution is -0.128. The first kappa shape index (κ1) is 12.5.